The minimum Gasteiger partial charge on any atom is -0.259 e. The molecule has 11 heavy (non-hydrogen) atoms. The molecule has 0 aliphatic carbocycles. The number of hydrogen-bond donors (Lipinski definition) is 0. The third-order valence-electron chi connectivity index (χ3n) is 2.37. The summed E-state index contributed by atoms with van der Waals surface area (Å²) in [5, 5.41) is 0.557. The van der Waals surface area contributed by atoms with E-state index >= 15 is 0 Å². The first kappa shape index (κ1) is 9.24. The summed E-state index contributed by atoms with van der Waals surface area (Å²) in [7, 11) is -0.464. The first-order valence-electron chi connectivity index (χ1n) is 4.71. The molecule has 1 aliphatic rings. The maximum Gasteiger partial charge on any atom is 0.0348 e. The molecule has 1 saturated heterocycles. The van der Waals surface area contributed by atoms with Gasteiger partial charge in [-0.25, -0.2) is 0 Å². The zero-order valence-corrected chi connectivity index (χ0v) is 8.16. The molecule has 0 saturated carbocycles. The lowest BCUT2D eigenvalue weighted by atomic mass is 10.1. The van der Waals surface area contributed by atoms with E-state index in [9.17, 15) is 4.21 Å². The lowest BCUT2D eigenvalue weighted by molar-refractivity contribution is 0.615. The van der Waals surface area contributed by atoms with Crippen molar-refractivity contribution < 1.29 is 4.21 Å². The highest BCUT2D eigenvalue weighted by Gasteiger charge is 2.21. The van der Waals surface area contributed by atoms with Gasteiger partial charge < -0.3 is 0 Å². The maximum absolute atomic E-state index is 11.3. The van der Waals surface area contributed by atoms with Crippen LogP contribution in [0.5, 0.6) is 0 Å². The van der Waals surface area contributed by atoms with Gasteiger partial charge in [0, 0.05) is 21.8 Å². The molecule has 0 aromatic rings. The van der Waals surface area contributed by atoms with E-state index in [2.05, 4.69) is 6.92 Å². The van der Waals surface area contributed by atoms with Gasteiger partial charge in [0.25, 0.3) is 0 Å². The fourth-order valence-electron chi connectivity index (χ4n) is 1.65. The first-order chi connectivity index (χ1) is 5.34. The Balaban J connectivity index is 2.10. The standard InChI is InChI=1S/C9H18OS/c1-2-3-4-6-9-7-5-8-11(9)10/h9H,2-8H2,1H3. The van der Waals surface area contributed by atoms with E-state index in [0.717, 1.165) is 5.75 Å². The molecule has 0 bridgehead atoms. The Hall–Kier alpha value is 0.150. The van der Waals surface area contributed by atoms with Crippen LogP contribution in [0.4, 0.5) is 0 Å². The summed E-state index contributed by atoms with van der Waals surface area (Å²) < 4.78 is 11.3. The predicted molar refractivity (Wildman–Crippen MR) is 50.2 cm³/mol. The van der Waals surface area contributed by atoms with E-state index in [1.807, 2.05) is 0 Å². The van der Waals surface area contributed by atoms with Crippen molar-refractivity contribution in [1.82, 2.24) is 0 Å². The third kappa shape index (κ3) is 2.94. The van der Waals surface area contributed by atoms with Crippen molar-refractivity contribution in [3.8, 4) is 0 Å². The number of hydrogen-bond acceptors (Lipinski definition) is 1. The monoisotopic (exact) mass is 174 g/mol. The van der Waals surface area contributed by atoms with Gasteiger partial charge in [-0.1, -0.05) is 26.2 Å². The minimum atomic E-state index is -0.464. The van der Waals surface area contributed by atoms with Gasteiger partial charge in [-0.15, -0.1) is 0 Å². The normalized spacial score (nSPS) is 31.0. The molecule has 66 valence electrons. The Labute approximate surface area is 72.0 Å². The highest BCUT2D eigenvalue weighted by atomic mass is 32.2. The van der Waals surface area contributed by atoms with Crippen LogP contribution in [0, 0.1) is 0 Å². The molecule has 0 amide bonds. The molecule has 0 aromatic heterocycles. The van der Waals surface area contributed by atoms with Crippen molar-refractivity contribution in [3.05, 3.63) is 0 Å². The summed E-state index contributed by atoms with van der Waals surface area (Å²) >= 11 is 0. The predicted octanol–water partition coefficient (Wildman–Crippen LogP) is 2.48. The average molecular weight is 174 g/mol. The van der Waals surface area contributed by atoms with Crippen molar-refractivity contribution in [1.29, 1.82) is 0 Å². The summed E-state index contributed by atoms with van der Waals surface area (Å²) in [6, 6.07) is 0. The van der Waals surface area contributed by atoms with Crippen LogP contribution in [0.1, 0.15) is 45.4 Å². The zero-order valence-electron chi connectivity index (χ0n) is 7.34. The summed E-state index contributed by atoms with van der Waals surface area (Å²) in [6.07, 6.45) is 7.50. The van der Waals surface area contributed by atoms with Gasteiger partial charge in [0.2, 0.25) is 0 Å². The van der Waals surface area contributed by atoms with Crippen LogP contribution in [-0.4, -0.2) is 15.2 Å². The van der Waals surface area contributed by atoms with Gasteiger partial charge in [-0.2, -0.15) is 0 Å². The summed E-state index contributed by atoms with van der Waals surface area (Å²) in [5.41, 5.74) is 0. The van der Waals surface area contributed by atoms with Crippen LogP contribution in [0.3, 0.4) is 0 Å². The molecule has 1 aliphatic heterocycles. The van der Waals surface area contributed by atoms with Gasteiger partial charge in [-0.05, 0) is 19.3 Å². The molecule has 2 unspecified atom stereocenters. The summed E-state index contributed by atoms with van der Waals surface area (Å²) in [6.45, 7) is 2.21. The van der Waals surface area contributed by atoms with Gasteiger partial charge >= 0.3 is 0 Å². The molecular weight excluding hydrogens is 156 g/mol. The molecule has 1 nitrogen and oxygen atoms in total. The number of rotatable bonds is 4. The van der Waals surface area contributed by atoms with Crippen molar-refractivity contribution >= 4 is 10.8 Å². The zero-order chi connectivity index (χ0) is 8.10. The molecule has 2 atom stereocenters. The Morgan fingerprint density at radius 1 is 1.45 bits per heavy atom. The Morgan fingerprint density at radius 2 is 2.27 bits per heavy atom. The van der Waals surface area contributed by atoms with Gasteiger partial charge in [-0.3, -0.25) is 4.21 Å². The Kier molecular flexibility index (Phi) is 4.13. The van der Waals surface area contributed by atoms with E-state index in [0.29, 0.717) is 5.25 Å². The lowest BCUT2D eigenvalue weighted by Gasteiger charge is -2.06. The second-order valence-electron chi connectivity index (χ2n) is 3.34. The van der Waals surface area contributed by atoms with Gasteiger partial charge in [0.1, 0.15) is 0 Å². The Bertz CT molecular complexity index is 134. The highest BCUT2D eigenvalue weighted by molar-refractivity contribution is 7.85. The minimum absolute atomic E-state index is 0.464. The summed E-state index contributed by atoms with van der Waals surface area (Å²) in [4.78, 5) is 0. The second-order valence-corrected chi connectivity index (χ2v) is 5.18. The Morgan fingerprint density at radius 3 is 2.82 bits per heavy atom. The van der Waals surface area contributed by atoms with E-state index in [4.69, 9.17) is 0 Å². The van der Waals surface area contributed by atoms with Crippen LogP contribution < -0.4 is 0 Å². The van der Waals surface area contributed by atoms with Crippen molar-refractivity contribution in [2.24, 2.45) is 0 Å². The highest BCUT2D eigenvalue weighted by Crippen LogP contribution is 2.21. The molecule has 0 aromatic carbocycles. The largest absolute Gasteiger partial charge is 0.259 e. The average Bonchev–Trinajstić information content (AvgIpc) is 2.37. The SMILES string of the molecule is CCCCCC1CCCS1=O. The van der Waals surface area contributed by atoms with E-state index in [1.165, 1.54) is 38.5 Å². The van der Waals surface area contributed by atoms with Crippen LogP contribution in [0.25, 0.3) is 0 Å². The van der Waals surface area contributed by atoms with Gasteiger partial charge in [0.15, 0.2) is 0 Å². The molecule has 0 radical (unpaired) electrons. The van der Waals surface area contributed by atoms with Gasteiger partial charge in [0.05, 0.1) is 0 Å². The topological polar surface area (TPSA) is 17.1 Å². The molecular formula is C9H18OS. The fourth-order valence-corrected chi connectivity index (χ4v) is 3.29. The van der Waals surface area contributed by atoms with E-state index < -0.39 is 10.8 Å². The lowest BCUT2D eigenvalue weighted by Crippen LogP contribution is -2.08. The maximum atomic E-state index is 11.3. The second kappa shape index (κ2) is 4.91. The smallest absolute Gasteiger partial charge is 0.0348 e. The quantitative estimate of drug-likeness (QED) is 0.598. The fraction of sp³-hybridized carbons (Fsp3) is 1.00. The van der Waals surface area contributed by atoms with Crippen molar-refractivity contribution in [2.45, 2.75) is 50.7 Å². The molecule has 1 heterocycles. The third-order valence-corrected chi connectivity index (χ3v) is 4.28. The van der Waals surface area contributed by atoms with Crippen molar-refractivity contribution in [3.63, 3.8) is 0 Å². The first-order valence-corrected chi connectivity index (χ1v) is 6.10. The molecule has 0 N–H and O–H groups in total. The molecule has 2 heteroatoms. The van der Waals surface area contributed by atoms with Crippen LogP contribution in [0.2, 0.25) is 0 Å². The van der Waals surface area contributed by atoms with Crippen molar-refractivity contribution in [2.75, 3.05) is 5.75 Å². The van der Waals surface area contributed by atoms with E-state index in [-0.39, 0.29) is 0 Å². The van der Waals surface area contributed by atoms with E-state index in [1.54, 1.807) is 0 Å². The summed E-state index contributed by atoms with van der Waals surface area (Å²) in [5.74, 6) is 0.969. The molecule has 1 rings (SSSR count). The number of unbranched alkanes of at least 4 members (excludes halogenated alkanes) is 2. The van der Waals surface area contributed by atoms with Crippen LogP contribution in [-0.2, 0) is 10.8 Å². The molecule has 1 fully saturated rings. The molecule has 0 spiro atoms. The van der Waals surface area contributed by atoms with Crippen LogP contribution >= 0.6 is 0 Å². The van der Waals surface area contributed by atoms with Crippen LogP contribution in [0.15, 0.2) is 0 Å².